The van der Waals surface area contributed by atoms with Crippen LogP contribution < -0.4 is 5.32 Å². The molecule has 0 atom stereocenters. The Hall–Kier alpha value is -2.71. The Morgan fingerprint density at radius 3 is 2.62 bits per heavy atom. The second-order valence-corrected chi connectivity index (χ2v) is 9.46. The maximum absolute atomic E-state index is 13.0. The molecule has 8 heteroatoms. The van der Waals surface area contributed by atoms with E-state index in [0.717, 1.165) is 22.2 Å². The number of hydrogen-bond donors (Lipinski definition) is 2. The fourth-order valence-corrected chi connectivity index (χ4v) is 5.49. The number of rotatable bonds is 4. The van der Waals surface area contributed by atoms with Gasteiger partial charge in [-0.05, 0) is 56.5 Å². The molecule has 2 N–H and O–H groups in total. The molecule has 1 aliphatic rings. The molecule has 0 aliphatic carbocycles. The number of benzene rings is 2. The number of aryl methyl sites for hydroxylation is 2. The zero-order valence-corrected chi connectivity index (χ0v) is 17.3. The number of nitrogens with one attached hydrogen (secondary N) is 2. The lowest BCUT2D eigenvalue weighted by atomic mass is 10.1. The van der Waals surface area contributed by atoms with Crippen molar-refractivity contribution in [3.05, 3.63) is 59.4 Å². The Balaban J connectivity index is 1.40. The summed E-state index contributed by atoms with van der Waals surface area (Å²) in [7, 11) is -3.52. The van der Waals surface area contributed by atoms with Gasteiger partial charge in [0.25, 0.3) is 5.91 Å². The van der Waals surface area contributed by atoms with E-state index in [-0.39, 0.29) is 11.9 Å². The molecule has 0 spiro atoms. The second kappa shape index (κ2) is 7.61. The molecule has 0 radical (unpaired) electrons. The van der Waals surface area contributed by atoms with Crippen LogP contribution >= 0.6 is 0 Å². The van der Waals surface area contributed by atoms with E-state index in [4.69, 9.17) is 0 Å². The highest BCUT2D eigenvalue weighted by molar-refractivity contribution is 7.89. The van der Waals surface area contributed by atoms with Gasteiger partial charge in [0.05, 0.1) is 22.3 Å². The Kier molecular flexibility index (Phi) is 5.14. The summed E-state index contributed by atoms with van der Waals surface area (Å²) >= 11 is 0. The number of nitrogens with zero attached hydrogens (tertiary/aromatic N) is 2. The standard InChI is InChI=1S/C21H24N4O3S/c1-14-3-6-20(15(2)11-14)29(27,28)25-9-7-17(8-10-25)24-21(26)16-4-5-18-19(12-16)23-13-22-18/h3-6,11-13,17H,7-10H2,1-2H3,(H,22,23)(H,24,26). The smallest absolute Gasteiger partial charge is 0.251 e. The molecular weight excluding hydrogens is 388 g/mol. The summed E-state index contributed by atoms with van der Waals surface area (Å²) in [4.78, 5) is 20.1. The average Bonchev–Trinajstić information content (AvgIpc) is 3.16. The second-order valence-electron chi connectivity index (χ2n) is 7.56. The minimum atomic E-state index is -3.52. The molecular formula is C21H24N4O3S. The lowest BCUT2D eigenvalue weighted by Gasteiger charge is -2.32. The van der Waals surface area contributed by atoms with Crippen LogP contribution in [0.5, 0.6) is 0 Å². The van der Waals surface area contributed by atoms with Crippen LogP contribution in [0, 0.1) is 13.8 Å². The monoisotopic (exact) mass is 412 g/mol. The van der Waals surface area contributed by atoms with Gasteiger partial charge in [-0.1, -0.05) is 17.7 Å². The van der Waals surface area contributed by atoms with Gasteiger partial charge in [-0.3, -0.25) is 4.79 Å². The number of fused-ring (bicyclic) bond motifs is 1. The minimum absolute atomic E-state index is 0.0504. The molecule has 1 aromatic heterocycles. The minimum Gasteiger partial charge on any atom is -0.349 e. The zero-order valence-electron chi connectivity index (χ0n) is 16.5. The van der Waals surface area contributed by atoms with Crippen molar-refractivity contribution >= 4 is 27.0 Å². The molecule has 0 unspecified atom stereocenters. The number of aromatic amines is 1. The van der Waals surface area contributed by atoms with E-state index in [9.17, 15) is 13.2 Å². The van der Waals surface area contributed by atoms with E-state index >= 15 is 0 Å². The van der Waals surface area contributed by atoms with E-state index in [1.807, 2.05) is 26.0 Å². The van der Waals surface area contributed by atoms with Crippen LogP contribution in [0.25, 0.3) is 11.0 Å². The SMILES string of the molecule is Cc1ccc(S(=O)(=O)N2CCC(NC(=O)c3ccc4nc[nH]c4c3)CC2)c(C)c1. The number of amides is 1. The predicted molar refractivity (Wildman–Crippen MR) is 111 cm³/mol. The lowest BCUT2D eigenvalue weighted by molar-refractivity contribution is 0.0924. The lowest BCUT2D eigenvalue weighted by Crippen LogP contribution is -2.46. The Bertz CT molecular complexity index is 1160. The van der Waals surface area contributed by atoms with Gasteiger partial charge in [-0.15, -0.1) is 0 Å². The van der Waals surface area contributed by atoms with Gasteiger partial charge in [-0.2, -0.15) is 4.31 Å². The average molecular weight is 413 g/mol. The Labute approximate surface area is 170 Å². The quantitative estimate of drug-likeness (QED) is 0.689. The molecule has 1 amide bonds. The number of hydrogen-bond acceptors (Lipinski definition) is 4. The molecule has 1 aliphatic heterocycles. The number of aromatic nitrogens is 2. The molecule has 4 rings (SSSR count). The van der Waals surface area contributed by atoms with Gasteiger partial charge < -0.3 is 10.3 Å². The molecule has 2 aromatic carbocycles. The number of carbonyl (C=O) groups excluding carboxylic acids is 1. The molecule has 1 saturated heterocycles. The third-order valence-electron chi connectivity index (χ3n) is 5.42. The predicted octanol–water partition coefficient (Wildman–Crippen LogP) is 2.76. The van der Waals surface area contributed by atoms with Crippen molar-refractivity contribution in [1.29, 1.82) is 0 Å². The van der Waals surface area contributed by atoms with Crippen LogP contribution in [0.2, 0.25) is 0 Å². The molecule has 1 fully saturated rings. The van der Waals surface area contributed by atoms with Gasteiger partial charge in [-0.25, -0.2) is 13.4 Å². The van der Waals surface area contributed by atoms with E-state index in [0.29, 0.717) is 36.4 Å². The maximum Gasteiger partial charge on any atom is 0.251 e. The fourth-order valence-electron chi connectivity index (χ4n) is 3.81. The molecule has 7 nitrogen and oxygen atoms in total. The van der Waals surface area contributed by atoms with Crippen molar-refractivity contribution in [3.8, 4) is 0 Å². The van der Waals surface area contributed by atoms with Crippen LogP contribution in [-0.4, -0.2) is 47.7 Å². The maximum atomic E-state index is 13.0. The van der Waals surface area contributed by atoms with Crippen LogP contribution in [0.1, 0.15) is 34.3 Å². The summed E-state index contributed by atoms with van der Waals surface area (Å²) in [6.45, 7) is 4.55. The molecule has 0 saturated carbocycles. The topological polar surface area (TPSA) is 95.2 Å². The normalized spacial score (nSPS) is 16.2. The van der Waals surface area contributed by atoms with Crippen molar-refractivity contribution in [2.75, 3.05) is 13.1 Å². The summed E-state index contributed by atoms with van der Waals surface area (Å²) in [5, 5.41) is 3.03. The molecule has 29 heavy (non-hydrogen) atoms. The van der Waals surface area contributed by atoms with E-state index in [2.05, 4.69) is 15.3 Å². The number of carbonyl (C=O) groups is 1. The Morgan fingerprint density at radius 1 is 1.14 bits per heavy atom. The molecule has 0 bridgehead atoms. The van der Waals surface area contributed by atoms with Gasteiger partial charge in [0.1, 0.15) is 0 Å². The molecule has 2 heterocycles. The Morgan fingerprint density at radius 2 is 1.90 bits per heavy atom. The van der Waals surface area contributed by atoms with Crippen molar-refractivity contribution in [1.82, 2.24) is 19.6 Å². The number of piperidine rings is 1. The van der Waals surface area contributed by atoms with Crippen molar-refractivity contribution in [3.63, 3.8) is 0 Å². The van der Waals surface area contributed by atoms with Gasteiger partial charge in [0.2, 0.25) is 10.0 Å². The summed E-state index contributed by atoms with van der Waals surface area (Å²) in [5.41, 5.74) is 3.98. The van der Waals surface area contributed by atoms with Crippen LogP contribution in [-0.2, 0) is 10.0 Å². The third kappa shape index (κ3) is 3.90. The first kappa shape index (κ1) is 19.6. The number of sulfonamides is 1. The number of H-pyrrole nitrogens is 1. The number of imidazole rings is 1. The van der Waals surface area contributed by atoms with Crippen LogP contribution in [0.4, 0.5) is 0 Å². The van der Waals surface area contributed by atoms with Crippen LogP contribution in [0.3, 0.4) is 0 Å². The first-order valence-corrected chi connectivity index (χ1v) is 11.1. The van der Waals surface area contributed by atoms with Crippen molar-refractivity contribution in [2.24, 2.45) is 0 Å². The van der Waals surface area contributed by atoms with Gasteiger partial charge in [0, 0.05) is 24.7 Å². The largest absolute Gasteiger partial charge is 0.349 e. The molecule has 152 valence electrons. The van der Waals surface area contributed by atoms with Gasteiger partial charge in [0.15, 0.2) is 0 Å². The van der Waals surface area contributed by atoms with Crippen molar-refractivity contribution in [2.45, 2.75) is 37.6 Å². The summed E-state index contributed by atoms with van der Waals surface area (Å²) in [5.74, 6) is -0.155. The highest BCUT2D eigenvalue weighted by Gasteiger charge is 2.31. The van der Waals surface area contributed by atoms with E-state index < -0.39 is 10.0 Å². The first-order valence-electron chi connectivity index (χ1n) is 9.66. The molecule has 3 aromatic rings. The summed E-state index contributed by atoms with van der Waals surface area (Å²) in [6, 6.07) is 10.7. The van der Waals surface area contributed by atoms with E-state index in [1.54, 1.807) is 30.6 Å². The third-order valence-corrected chi connectivity index (χ3v) is 7.48. The highest BCUT2D eigenvalue weighted by atomic mass is 32.2. The summed E-state index contributed by atoms with van der Waals surface area (Å²) in [6.07, 6.45) is 2.77. The van der Waals surface area contributed by atoms with Crippen LogP contribution in [0.15, 0.2) is 47.6 Å². The highest BCUT2D eigenvalue weighted by Crippen LogP contribution is 2.24. The van der Waals surface area contributed by atoms with E-state index in [1.165, 1.54) is 4.31 Å². The summed E-state index contributed by atoms with van der Waals surface area (Å²) < 4.78 is 27.5. The zero-order chi connectivity index (χ0) is 20.6. The van der Waals surface area contributed by atoms with Crippen molar-refractivity contribution < 1.29 is 13.2 Å². The fraction of sp³-hybridized carbons (Fsp3) is 0.333. The van der Waals surface area contributed by atoms with Gasteiger partial charge >= 0.3 is 0 Å². The first-order chi connectivity index (χ1) is 13.8.